The van der Waals surface area contributed by atoms with Crippen molar-refractivity contribution in [3.8, 4) is 5.75 Å². The summed E-state index contributed by atoms with van der Waals surface area (Å²) in [4.78, 5) is 2.42. The van der Waals surface area contributed by atoms with E-state index in [1.807, 2.05) is 0 Å². The van der Waals surface area contributed by atoms with Gasteiger partial charge in [-0.15, -0.1) is 0 Å². The maximum absolute atomic E-state index is 5.87. The molecular weight excluding hydrogens is 210 g/mol. The molecule has 0 radical (unpaired) electrons. The van der Waals surface area contributed by atoms with Crippen LogP contribution in [0.5, 0.6) is 5.75 Å². The van der Waals surface area contributed by atoms with E-state index in [2.05, 4.69) is 43.1 Å². The largest absolute Gasteiger partial charge is 0.492 e. The Hall–Kier alpha value is -1.02. The second-order valence-electron chi connectivity index (χ2n) is 4.94. The molecule has 0 bridgehead atoms. The number of ether oxygens (including phenoxy) is 1. The lowest BCUT2D eigenvalue weighted by Gasteiger charge is -2.32. The highest BCUT2D eigenvalue weighted by Gasteiger charge is 2.19. The fourth-order valence-electron chi connectivity index (χ4n) is 2.37. The van der Waals surface area contributed by atoms with Gasteiger partial charge in [-0.2, -0.15) is 0 Å². The minimum absolute atomic E-state index is 0.592. The Bertz CT molecular complexity index is 333. The molecule has 1 heterocycles. The first-order valence-corrected chi connectivity index (χ1v) is 6.71. The number of hydrogen-bond donors (Lipinski definition) is 0. The maximum Gasteiger partial charge on any atom is 0.119 e. The first-order chi connectivity index (χ1) is 8.29. The lowest BCUT2D eigenvalue weighted by Crippen LogP contribution is -2.40. The van der Waals surface area contributed by atoms with Gasteiger partial charge >= 0.3 is 0 Å². The van der Waals surface area contributed by atoms with E-state index in [-0.39, 0.29) is 0 Å². The van der Waals surface area contributed by atoms with Crippen LogP contribution in [0, 0.1) is 0 Å². The minimum atomic E-state index is 0.592. The van der Waals surface area contributed by atoms with E-state index >= 15 is 0 Å². The lowest BCUT2D eigenvalue weighted by atomic mass is 10.0. The number of hydrogen-bond acceptors (Lipinski definition) is 2. The molecule has 1 aromatic rings. The second-order valence-corrected chi connectivity index (χ2v) is 4.94. The average Bonchev–Trinajstić information content (AvgIpc) is 2.38. The van der Waals surface area contributed by atoms with E-state index in [4.69, 9.17) is 4.74 Å². The van der Waals surface area contributed by atoms with Gasteiger partial charge in [-0.05, 0) is 50.6 Å². The standard InChI is InChI=1S/C15H23NO/c1-3-13-7-9-15(10-8-13)17-12-14-6-4-5-11-16(14)2/h7-10,14H,3-6,11-12H2,1-2H3. The summed E-state index contributed by atoms with van der Waals surface area (Å²) in [6.07, 6.45) is 5.03. The number of aryl methyl sites for hydroxylation is 1. The average molecular weight is 233 g/mol. The van der Waals surface area contributed by atoms with E-state index < -0.39 is 0 Å². The predicted octanol–water partition coefficient (Wildman–Crippen LogP) is 3.11. The zero-order valence-corrected chi connectivity index (χ0v) is 11.0. The lowest BCUT2D eigenvalue weighted by molar-refractivity contribution is 0.125. The van der Waals surface area contributed by atoms with E-state index in [1.165, 1.54) is 31.4 Å². The molecular formula is C15H23NO. The number of nitrogens with zero attached hydrogens (tertiary/aromatic N) is 1. The quantitative estimate of drug-likeness (QED) is 0.792. The third kappa shape index (κ3) is 3.47. The molecule has 0 spiro atoms. The van der Waals surface area contributed by atoms with Crippen molar-refractivity contribution in [3.05, 3.63) is 29.8 Å². The van der Waals surface area contributed by atoms with Crippen molar-refractivity contribution in [2.45, 2.75) is 38.6 Å². The molecule has 1 fully saturated rings. The van der Waals surface area contributed by atoms with Crippen molar-refractivity contribution in [2.75, 3.05) is 20.2 Å². The van der Waals surface area contributed by atoms with Gasteiger partial charge in [-0.25, -0.2) is 0 Å². The summed E-state index contributed by atoms with van der Waals surface area (Å²) in [5.74, 6) is 1.00. The molecule has 0 N–H and O–H groups in total. The Balaban J connectivity index is 1.84. The summed E-state index contributed by atoms with van der Waals surface area (Å²) in [6, 6.07) is 9.07. The highest BCUT2D eigenvalue weighted by atomic mass is 16.5. The summed E-state index contributed by atoms with van der Waals surface area (Å²) in [7, 11) is 2.20. The van der Waals surface area contributed by atoms with Crippen LogP contribution >= 0.6 is 0 Å². The van der Waals surface area contributed by atoms with Crippen molar-refractivity contribution in [1.29, 1.82) is 0 Å². The zero-order chi connectivity index (χ0) is 12.1. The van der Waals surface area contributed by atoms with Crippen LogP contribution in [0.1, 0.15) is 31.7 Å². The highest BCUT2D eigenvalue weighted by molar-refractivity contribution is 5.27. The van der Waals surface area contributed by atoms with Crippen LogP contribution in [-0.4, -0.2) is 31.1 Å². The molecule has 1 aliphatic rings. The predicted molar refractivity (Wildman–Crippen MR) is 71.6 cm³/mol. The van der Waals surface area contributed by atoms with Crippen LogP contribution in [-0.2, 0) is 6.42 Å². The van der Waals surface area contributed by atoms with Gasteiger partial charge in [0.2, 0.25) is 0 Å². The molecule has 1 unspecified atom stereocenters. The van der Waals surface area contributed by atoms with Gasteiger partial charge in [0, 0.05) is 6.04 Å². The first-order valence-electron chi connectivity index (χ1n) is 6.71. The maximum atomic E-state index is 5.87. The highest BCUT2D eigenvalue weighted by Crippen LogP contribution is 2.18. The van der Waals surface area contributed by atoms with E-state index in [9.17, 15) is 0 Å². The molecule has 2 rings (SSSR count). The van der Waals surface area contributed by atoms with Crippen LogP contribution in [0.25, 0.3) is 0 Å². The molecule has 0 saturated carbocycles. The van der Waals surface area contributed by atoms with Gasteiger partial charge in [-0.3, -0.25) is 0 Å². The molecule has 0 aliphatic carbocycles. The number of rotatable bonds is 4. The van der Waals surface area contributed by atoms with Gasteiger partial charge in [0.1, 0.15) is 12.4 Å². The van der Waals surface area contributed by atoms with E-state index in [0.29, 0.717) is 6.04 Å². The number of likely N-dealkylation sites (tertiary alicyclic amines) is 1. The monoisotopic (exact) mass is 233 g/mol. The van der Waals surface area contributed by atoms with Crippen LogP contribution in [0.3, 0.4) is 0 Å². The van der Waals surface area contributed by atoms with E-state index in [0.717, 1.165) is 18.8 Å². The Morgan fingerprint density at radius 1 is 1.24 bits per heavy atom. The Labute approximate surface area is 105 Å². The Morgan fingerprint density at radius 3 is 2.65 bits per heavy atom. The third-order valence-electron chi connectivity index (χ3n) is 3.70. The van der Waals surface area contributed by atoms with Crippen molar-refractivity contribution in [3.63, 3.8) is 0 Å². The molecule has 0 aromatic heterocycles. The molecule has 1 saturated heterocycles. The third-order valence-corrected chi connectivity index (χ3v) is 3.70. The van der Waals surface area contributed by atoms with Crippen LogP contribution in [0.2, 0.25) is 0 Å². The van der Waals surface area contributed by atoms with Crippen molar-refractivity contribution >= 4 is 0 Å². The van der Waals surface area contributed by atoms with Crippen LogP contribution < -0.4 is 4.74 Å². The molecule has 1 aromatic carbocycles. The minimum Gasteiger partial charge on any atom is -0.492 e. The van der Waals surface area contributed by atoms with Gasteiger partial charge < -0.3 is 9.64 Å². The van der Waals surface area contributed by atoms with Crippen molar-refractivity contribution in [2.24, 2.45) is 0 Å². The summed E-state index contributed by atoms with van der Waals surface area (Å²) < 4.78 is 5.87. The number of benzene rings is 1. The van der Waals surface area contributed by atoms with Gasteiger partial charge in [0.05, 0.1) is 0 Å². The number of likely N-dealkylation sites (N-methyl/N-ethyl adjacent to an activating group) is 1. The molecule has 1 atom stereocenters. The summed E-state index contributed by atoms with van der Waals surface area (Å²) in [6.45, 7) is 4.21. The van der Waals surface area contributed by atoms with Crippen LogP contribution in [0.15, 0.2) is 24.3 Å². The zero-order valence-electron chi connectivity index (χ0n) is 11.0. The molecule has 2 nitrogen and oxygen atoms in total. The summed E-state index contributed by atoms with van der Waals surface area (Å²) >= 11 is 0. The molecule has 1 aliphatic heterocycles. The number of piperidine rings is 1. The molecule has 0 amide bonds. The molecule has 94 valence electrons. The van der Waals surface area contributed by atoms with Crippen LogP contribution in [0.4, 0.5) is 0 Å². The fourth-order valence-corrected chi connectivity index (χ4v) is 2.37. The summed E-state index contributed by atoms with van der Waals surface area (Å²) in [5.41, 5.74) is 1.37. The second kappa shape index (κ2) is 6.06. The van der Waals surface area contributed by atoms with Gasteiger partial charge in [0.25, 0.3) is 0 Å². The van der Waals surface area contributed by atoms with Crippen molar-refractivity contribution in [1.82, 2.24) is 4.90 Å². The first kappa shape index (κ1) is 12.4. The smallest absolute Gasteiger partial charge is 0.119 e. The van der Waals surface area contributed by atoms with Gasteiger partial charge in [0.15, 0.2) is 0 Å². The van der Waals surface area contributed by atoms with Gasteiger partial charge in [-0.1, -0.05) is 25.5 Å². The molecule has 17 heavy (non-hydrogen) atoms. The normalized spacial score (nSPS) is 21.4. The Morgan fingerprint density at radius 2 is 2.00 bits per heavy atom. The molecule has 2 heteroatoms. The Kier molecular flexibility index (Phi) is 4.43. The van der Waals surface area contributed by atoms with Crippen molar-refractivity contribution < 1.29 is 4.74 Å². The summed E-state index contributed by atoms with van der Waals surface area (Å²) in [5, 5.41) is 0. The van der Waals surface area contributed by atoms with E-state index in [1.54, 1.807) is 0 Å². The SMILES string of the molecule is CCc1ccc(OCC2CCCCN2C)cc1. The topological polar surface area (TPSA) is 12.5 Å². The fraction of sp³-hybridized carbons (Fsp3) is 0.600.